The van der Waals surface area contributed by atoms with Gasteiger partial charge >= 0.3 is 5.69 Å². The monoisotopic (exact) mass is 339 g/mol. The molecule has 112 valence electrons. The van der Waals surface area contributed by atoms with Crippen molar-refractivity contribution in [2.24, 2.45) is 0 Å². The quantitative estimate of drug-likeness (QED) is 0.534. The molecule has 0 saturated carbocycles. The number of benzene rings is 1. The average molecular weight is 340 g/mol. The number of hydrogen-bond acceptors (Lipinski definition) is 6. The molecule has 10 heteroatoms. The van der Waals surface area contributed by atoms with Crippen molar-refractivity contribution in [1.82, 2.24) is 20.0 Å². The number of aromatic nitrogens is 4. The molecule has 22 heavy (non-hydrogen) atoms. The largest absolute Gasteiger partial charge is 0.419 e. The Hall–Kier alpha value is -2.45. The lowest BCUT2D eigenvalue weighted by Crippen LogP contribution is -2.00. The van der Waals surface area contributed by atoms with Crippen LogP contribution in [0.15, 0.2) is 35.0 Å². The summed E-state index contributed by atoms with van der Waals surface area (Å²) in [5.74, 6) is 0.399. The zero-order valence-electron chi connectivity index (χ0n) is 10.8. The maximum absolute atomic E-state index is 10.6. The first-order chi connectivity index (χ1) is 10.5. The summed E-state index contributed by atoms with van der Waals surface area (Å²) in [6, 6.07) is 5.02. The Morgan fingerprint density at radius 2 is 2.00 bits per heavy atom. The fraction of sp³-hybridized carbons (Fsp3) is 0.0833. The van der Waals surface area contributed by atoms with Gasteiger partial charge in [-0.25, -0.2) is 0 Å². The lowest BCUT2D eigenvalue weighted by Gasteiger charge is -2.00. The second kappa shape index (κ2) is 5.74. The van der Waals surface area contributed by atoms with Crippen molar-refractivity contribution in [3.8, 4) is 11.5 Å². The third-order valence-electron chi connectivity index (χ3n) is 2.77. The minimum atomic E-state index is -0.535. The Balaban J connectivity index is 1.86. The average Bonchev–Trinajstić information content (AvgIpc) is 3.09. The van der Waals surface area contributed by atoms with Crippen molar-refractivity contribution in [3.05, 3.63) is 56.6 Å². The van der Waals surface area contributed by atoms with E-state index in [1.807, 2.05) is 0 Å². The van der Waals surface area contributed by atoms with Crippen LogP contribution in [0.4, 0.5) is 5.69 Å². The Kier molecular flexibility index (Phi) is 3.78. The molecule has 3 rings (SSSR count). The number of nitro groups is 1. The van der Waals surface area contributed by atoms with Crippen molar-refractivity contribution in [2.75, 3.05) is 0 Å². The molecule has 0 N–H and O–H groups in total. The first-order valence-electron chi connectivity index (χ1n) is 5.98. The zero-order chi connectivity index (χ0) is 15.7. The van der Waals surface area contributed by atoms with Gasteiger partial charge in [-0.15, -0.1) is 10.2 Å². The van der Waals surface area contributed by atoms with Crippen LogP contribution < -0.4 is 0 Å². The molecule has 8 nitrogen and oxygen atoms in total. The van der Waals surface area contributed by atoms with Crippen LogP contribution in [0, 0.1) is 10.1 Å². The summed E-state index contributed by atoms with van der Waals surface area (Å²) in [5.41, 5.74) is 0.324. The topological polar surface area (TPSA) is 99.9 Å². The van der Waals surface area contributed by atoms with Gasteiger partial charge in [-0.2, -0.15) is 5.10 Å². The van der Waals surface area contributed by atoms with E-state index in [9.17, 15) is 10.1 Å². The van der Waals surface area contributed by atoms with E-state index in [4.69, 9.17) is 27.6 Å². The molecule has 0 bridgehead atoms. The zero-order valence-corrected chi connectivity index (χ0v) is 12.3. The minimum Gasteiger partial charge on any atom is -0.419 e. The summed E-state index contributed by atoms with van der Waals surface area (Å²) < 4.78 is 6.81. The third-order valence-corrected chi connectivity index (χ3v) is 3.40. The van der Waals surface area contributed by atoms with Crippen LogP contribution in [0.3, 0.4) is 0 Å². The van der Waals surface area contributed by atoms with Gasteiger partial charge in [-0.1, -0.05) is 29.3 Å². The standard InChI is InChI=1S/C12H7Cl2N5O3/c13-8-2-1-3-9(14)11(8)12-17-16-10(22-12)6-18-5-7(4-15-18)19(20)21/h1-5H,6H2. The van der Waals surface area contributed by atoms with E-state index >= 15 is 0 Å². The van der Waals surface area contributed by atoms with E-state index in [0.29, 0.717) is 15.6 Å². The molecule has 3 aromatic rings. The summed E-state index contributed by atoms with van der Waals surface area (Å²) >= 11 is 12.1. The van der Waals surface area contributed by atoms with Gasteiger partial charge in [0.1, 0.15) is 18.9 Å². The van der Waals surface area contributed by atoms with Crippen LogP contribution in [0.5, 0.6) is 0 Å². The highest BCUT2D eigenvalue weighted by atomic mass is 35.5. The van der Waals surface area contributed by atoms with Gasteiger partial charge in [0.25, 0.3) is 5.89 Å². The van der Waals surface area contributed by atoms with Crippen LogP contribution in [0.25, 0.3) is 11.5 Å². The Labute approximate surface area is 133 Å². The maximum atomic E-state index is 10.6. The van der Waals surface area contributed by atoms with Crippen molar-refractivity contribution in [3.63, 3.8) is 0 Å². The highest BCUT2D eigenvalue weighted by Crippen LogP contribution is 2.33. The fourth-order valence-corrected chi connectivity index (χ4v) is 2.35. The van der Waals surface area contributed by atoms with Crippen LogP contribution in [-0.2, 0) is 6.54 Å². The van der Waals surface area contributed by atoms with E-state index < -0.39 is 4.92 Å². The van der Waals surface area contributed by atoms with Gasteiger partial charge in [0, 0.05) is 0 Å². The number of nitrogens with zero attached hydrogens (tertiary/aromatic N) is 5. The molecule has 0 spiro atoms. The molecule has 0 unspecified atom stereocenters. The van der Waals surface area contributed by atoms with Crippen LogP contribution in [-0.4, -0.2) is 24.9 Å². The van der Waals surface area contributed by atoms with Gasteiger partial charge < -0.3 is 4.42 Å². The molecule has 1 aromatic carbocycles. The molecule has 0 amide bonds. The van der Waals surface area contributed by atoms with E-state index in [0.717, 1.165) is 6.20 Å². The van der Waals surface area contributed by atoms with Crippen LogP contribution in [0.1, 0.15) is 5.89 Å². The highest BCUT2D eigenvalue weighted by Gasteiger charge is 2.16. The predicted octanol–water partition coefficient (Wildman–Crippen LogP) is 3.20. The van der Waals surface area contributed by atoms with E-state index in [-0.39, 0.29) is 24.0 Å². The van der Waals surface area contributed by atoms with Crippen molar-refractivity contribution >= 4 is 28.9 Å². The molecule has 0 atom stereocenters. The first-order valence-corrected chi connectivity index (χ1v) is 6.74. The molecule has 0 radical (unpaired) electrons. The van der Waals surface area contributed by atoms with Gasteiger partial charge in [0.15, 0.2) is 0 Å². The second-order valence-corrected chi connectivity index (χ2v) is 5.07. The maximum Gasteiger partial charge on any atom is 0.307 e. The molecule has 0 aliphatic rings. The van der Waals surface area contributed by atoms with E-state index in [1.54, 1.807) is 18.2 Å². The summed E-state index contributed by atoms with van der Waals surface area (Å²) in [6.45, 7) is 0.100. The molecule has 0 aliphatic heterocycles. The highest BCUT2D eigenvalue weighted by molar-refractivity contribution is 6.38. The third kappa shape index (κ3) is 2.78. The van der Waals surface area contributed by atoms with E-state index in [2.05, 4.69) is 15.3 Å². The summed E-state index contributed by atoms with van der Waals surface area (Å²) in [4.78, 5) is 10.1. The summed E-state index contributed by atoms with van der Waals surface area (Å²) in [6.07, 6.45) is 2.41. The van der Waals surface area contributed by atoms with Crippen molar-refractivity contribution in [2.45, 2.75) is 6.54 Å². The summed E-state index contributed by atoms with van der Waals surface area (Å²) in [7, 11) is 0. The Morgan fingerprint density at radius 3 is 2.64 bits per heavy atom. The van der Waals surface area contributed by atoms with Crippen molar-refractivity contribution in [1.29, 1.82) is 0 Å². The van der Waals surface area contributed by atoms with Crippen molar-refractivity contribution < 1.29 is 9.34 Å². The Bertz CT molecular complexity index is 825. The van der Waals surface area contributed by atoms with Gasteiger partial charge in [-0.3, -0.25) is 14.8 Å². The molecule has 2 heterocycles. The first kappa shape index (κ1) is 14.5. The predicted molar refractivity (Wildman–Crippen MR) is 77.7 cm³/mol. The van der Waals surface area contributed by atoms with Crippen LogP contribution >= 0.6 is 23.2 Å². The number of hydrogen-bond donors (Lipinski definition) is 0. The molecule has 0 aliphatic carbocycles. The minimum absolute atomic E-state index is 0.100. The second-order valence-electron chi connectivity index (χ2n) is 4.25. The van der Waals surface area contributed by atoms with E-state index in [1.165, 1.54) is 10.9 Å². The molecule has 0 saturated heterocycles. The fourth-order valence-electron chi connectivity index (χ4n) is 1.79. The lowest BCUT2D eigenvalue weighted by molar-refractivity contribution is -0.385. The smallest absolute Gasteiger partial charge is 0.307 e. The normalized spacial score (nSPS) is 10.8. The molecular weight excluding hydrogens is 333 g/mol. The number of halogens is 2. The SMILES string of the molecule is O=[N+]([O-])c1cnn(Cc2nnc(-c3c(Cl)cccc3Cl)o2)c1. The number of rotatable bonds is 4. The van der Waals surface area contributed by atoms with Gasteiger partial charge in [0.05, 0.1) is 20.5 Å². The molecule has 0 fully saturated rings. The van der Waals surface area contributed by atoms with Gasteiger partial charge in [-0.05, 0) is 12.1 Å². The van der Waals surface area contributed by atoms with Gasteiger partial charge in [0.2, 0.25) is 5.89 Å². The molecule has 2 aromatic heterocycles. The molecular formula is C12H7Cl2N5O3. The summed E-state index contributed by atoms with van der Waals surface area (Å²) in [5, 5.41) is 23.0. The Morgan fingerprint density at radius 1 is 1.27 bits per heavy atom. The van der Waals surface area contributed by atoms with Crippen LogP contribution in [0.2, 0.25) is 10.0 Å². The lowest BCUT2D eigenvalue weighted by atomic mass is 10.2.